The molecule has 6 heteroatoms. The average molecular weight is 1260 g/mol. The summed E-state index contributed by atoms with van der Waals surface area (Å²) in [5.41, 5.74) is 0. The summed E-state index contributed by atoms with van der Waals surface area (Å²) in [7, 11) is 0. The zero-order valence-corrected chi connectivity index (χ0v) is 61.0. The van der Waals surface area contributed by atoms with Crippen LogP contribution >= 0.6 is 0 Å². The van der Waals surface area contributed by atoms with Gasteiger partial charge in [0.25, 0.3) is 0 Å². The number of allylic oxidation sites excluding steroid dienone is 2. The summed E-state index contributed by atoms with van der Waals surface area (Å²) in [6.45, 7) is 5.02. The van der Waals surface area contributed by atoms with Crippen molar-refractivity contribution >= 4 is 11.9 Å². The van der Waals surface area contributed by atoms with Gasteiger partial charge in [-0.25, -0.2) is 0 Å². The first kappa shape index (κ1) is 87.6. The lowest BCUT2D eigenvalue weighted by Gasteiger charge is -2.22. The fourth-order valence-corrected chi connectivity index (χ4v) is 13.5. The molecule has 0 saturated carbocycles. The molecule has 0 radical (unpaired) electrons. The molecule has 0 heterocycles. The Morgan fingerprint density at radius 3 is 0.798 bits per heavy atom. The molecular formula is C83H163NO5. The molecule has 2 unspecified atom stereocenters. The number of carbonyl (C=O) groups is 2. The van der Waals surface area contributed by atoms with Crippen LogP contribution in [0, 0.1) is 0 Å². The first-order valence-electron chi connectivity index (χ1n) is 41.4. The molecule has 3 N–H and O–H groups in total. The average Bonchev–Trinajstić information content (AvgIpc) is 3.59. The van der Waals surface area contributed by atoms with Gasteiger partial charge in [0, 0.05) is 12.8 Å². The molecule has 0 aromatic heterocycles. The summed E-state index contributed by atoms with van der Waals surface area (Å²) in [6, 6.07) is -0.543. The molecular weight excluding hydrogens is 1090 g/mol. The van der Waals surface area contributed by atoms with Crippen LogP contribution in [0.3, 0.4) is 0 Å². The highest BCUT2D eigenvalue weighted by atomic mass is 16.5. The second kappa shape index (κ2) is 79.0. The molecule has 0 saturated heterocycles. The van der Waals surface area contributed by atoms with Crippen LogP contribution in [0.2, 0.25) is 0 Å². The van der Waals surface area contributed by atoms with Crippen molar-refractivity contribution in [2.75, 3.05) is 13.2 Å². The number of hydrogen-bond donors (Lipinski definition) is 3. The number of unbranched alkanes of at least 4 members (excludes halogenated alkanes) is 66. The maximum Gasteiger partial charge on any atom is 0.305 e. The lowest BCUT2D eigenvalue weighted by molar-refractivity contribution is -0.143. The highest BCUT2D eigenvalue weighted by Crippen LogP contribution is 2.21. The van der Waals surface area contributed by atoms with E-state index in [1.807, 2.05) is 0 Å². The fraction of sp³-hybridized carbons (Fsp3) is 0.952. The molecule has 0 fully saturated rings. The molecule has 0 spiro atoms. The van der Waals surface area contributed by atoms with Crippen molar-refractivity contribution in [2.45, 2.75) is 495 Å². The van der Waals surface area contributed by atoms with Crippen molar-refractivity contribution in [3.8, 4) is 0 Å². The summed E-state index contributed by atoms with van der Waals surface area (Å²) < 4.78 is 5.52. The molecule has 0 rings (SSSR count). The maximum absolute atomic E-state index is 12.6. The highest BCUT2D eigenvalue weighted by Gasteiger charge is 2.20. The third-order valence-electron chi connectivity index (χ3n) is 19.8. The van der Waals surface area contributed by atoms with E-state index in [-0.39, 0.29) is 18.5 Å². The van der Waals surface area contributed by atoms with Crippen LogP contribution in [-0.4, -0.2) is 47.4 Å². The lowest BCUT2D eigenvalue weighted by Crippen LogP contribution is -2.45. The van der Waals surface area contributed by atoms with Gasteiger partial charge in [-0.2, -0.15) is 0 Å². The number of carbonyl (C=O) groups excluding carboxylic acids is 2. The van der Waals surface area contributed by atoms with Gasteiger partial charge < -0.3 is 20.3 Å². The van der Waals surface area contributed by atoms with Gasteiger partial charge in [0.05, 0.1) is 25.4 Å². The van der Waals surface area contributed by atoms with Crippen LogP contribution in [-0.2, 0) is 14.3 Å². The summed E-state index contributed by atoms with van der Waals surface area (Å²) in [4.78, 5) is 24.7. The standard InChI is InChI=1S/C83H163NO5/c1-3-5-7-9-11-13-15-17-19-21-23-24-25-30-33-36-40-43-47-51-55-59-63-67-71-75-81(86)80(79-85)84-82(87)76-72-68-64-60-56-52-48-44-41-37-34-31-28-26-27-29-32-35-38-42-46-50-54-58-62-66-70-74-78-89-83(88)77-73-69-65-61-57-53-49-45-39-22-20-18-16-14-12-10-8-6-4-2/h26-27,80-81,85-86H,3-25,28-79H2,1-2H3,(H,84,87)/b27-26-. The van der Waals surface area contributed by atoms with Crippen molar-refractivity contribution in [2.24, 2.45) is 0 Å². The third kappa shape index (κ3) is 75.5. The van der Waals surface area contributed by atoms with Crippen molar-refractivity contribution in [3.63, 3.8) is 0 Å². The predicted octanol–water partition coefficient (Wildman–Crippen LogP) is 27.4. The number of esters is 1. The zero-order chi connectivity index (χ0) is 64.2. The monoisotopic (exact) mass is 1250 g/mol. The topological polar surface area (TPSA) is 95.9 Å². The molecule has 0 aliphatic heterocycles. The molecule has 530 valence electrons. The second-order valence-electron chi connectivity index (χ2n) is 28.8. The second-order valence-corrected chi connectivity index (χ2v) is 28.8. The summed E-state index contributed by atoms with van der Waals surface area (Å²) in [6.07, 6.45) is 100. The van der Waals surface area contributed by atoms with Crippen molar-refractivity contribution in [3.05, 3.63) is 12.2 Å². The van der Waals surface area contributed by atoms with E-state index in [1.165, 1.54) is 411 Å². The van der Waals surface area contributed by atoms with Crippen LogP contribution in [0.5, 0.6) is 0 Å². The summed E-state index contributed by atoms with van der Waals surface area (Å²) in [5.74, 6) is -0.00617. The molecule has 0 aliphatic rings. The van der Waals surface area contributed by atoms with Crippen LogP contribution in [0.25, 0.3) is 0 Å². The van der Waals surface area contributed by atoms with E-state index in [9.17, 15) is 19.8 Å². The van der Waals surface area contributed by atoms with Crippen LogP contribution in [0.1, 0.15) is 483 Å². The van der Waals surface area contributed by atoms with Crippen LogP contribution in [0.4, 0.5) is 0 Å². The Balaban J connectivity index is 3.36. The van der Waals surface area contributed by atoms with Gasteiger partial charge >= 0.3 is 5.97 Å². The quantitative estimate of drug-likeness (QED) is 0.0320. The van der Waals surface area contributed by atoms with E-state index < -0.39 is 12.1 Å². The third-order valence-corrected chi connectivity index (χ3v) is 19.8. The number of aliphatic hydroxyl groups is 2. The van der Waals surface area contributed by atoms with E-state index in [0.29, 0.717) is 25.9 Å². The van der Waals surface area contributed by atoms with Gasteiger partial charge in [-0.05, 0) is 51.4 Å². The number of ether oxygens (including phenoxy) is 1. The smallest absolute Gasteiger partial charge is 0.305 e. The Morgan fingerprint density at radius 1 is 0.303 bits per heavy atom. The van der Waals surface area contributed by atoms with Gasteiger partial charge in [-0.15, -0.1) is 0 Å². The Bertz CT molecular complexity index is 1350. The number of hydrogen-bond acceptors (Lipinski definition) is 5. The van der Waals surface area contributed by atoms with E-state index in [4.69, 9.17) is 4.74 Å². The van der Waals surface area contributed by atoms with E-state index in [2.05, 4.69) is 31.3 Å². The van der Waals surface area contributed by atoms with Crippen LogP contribution in [0.15, 0.2) is 12.2 Å². The minimum atomic E-state index is -0.666. The minimum absolute atomic E-state index is 0.0223. The SMILES string of the molecule is CCCCCCCCCCCCCCCCCCCCCCCCCCCC(O)C(CO)NC(=O)CCCCCCCCCCCCCC/C=C\CCCCCCCCCCCCCCOC(=O)CCCCCCCCCCCCCCCCCCCCC. The Morgan fingerprint density at radius 2 is 0.528 bits per heavy atom. The van der Waals surface area contributed by atoms with Crippen molar-refractivity contribution in [1.82, 2.24) is 5.32 Å². The number of aliphatic hydroxyl groups excluding tert-OH is 2. The number of amides is 1. The highest BCUT2D eigenvalue weighted by molar-refractivity contribution is 5.76. The maximum atomic E-state index is 12.6. The molecule has 0 aliphatic carbocycles. The predicted molar refractivity (Wildman–Crippen MR) is 394 cm³/mol. The molecule has 0 aromatic carbocycles. The van der Waals surface area contributed by atoms with E-state index >= 15 is 0 Å². The van der Waals surface area contributed by atoms with Gasteiger partial charge in [0.1, 0.15) is 0 Å². The number of nitrogens with one attached hydrogen (secondary N) is 1. The van der Waals surface area contributed by atoms with Gasteiger partial charge in [-0.3, -0.25) is 9.59 Å². The Hall–Kier alpha value is -1.40. The van der Waals surface area contributed by atoms with Crippen LogP contribution < -0.4 is 5.32 Å². The largest absolute Gasteiger partial charge is 0.466 e. The van der Waals surface area contributed by atoms with E-state index in [1.54, 1.807) is 0 Å². The fourth-order valence-electron chi connectivity index (χ4n) is 13.5. The van der Waals surface area contributed by atoms with E-state index in [0.717, 1.165) is 38.5 Å². The summed E-state index contributed by atoms with van der Waals surface area (Å²) in [5, 5.41) is 23.5. The minimum Gasteiger partial charge on any atom is -0.466 e. The molecule has 1 amide bonds. The normalized spacial score (nSPS) is 12.4. The van der Waals surface area contributed by atoms with Crippen molar-refractivity contribution in [1.29, 1.82) is 0 Å². The first-order chi connectivity index (χ1) is 44.0. The number of rotatable bonds is 79. The Labute approximate surface area is 559 Å². The Kier molecular flexibility index (Phi) is 77.8. The summed E-state index contributed by atoms with van der Waals surface area (Å²) >= 11 is 0. The first-order valence-corrected chi connectivity index (χ1v) is 41.4. The van der Waals surface area contributed by atoms with Crippen molar-refractivity contribution < 1.29 is 24.5 Å². The molecule has 89 heavy (non-hydrogen) atoms. The molecule has 6 nitrogen and oxygen atoms in total. The van der Waals surface area contributed by atoms with Gasteiger partial charge in [0.15, 0.2) is 0 Å². The lowest BCUT2D eigenvalue weighted by atomic mass is 10.0. The molecule has 2 atom stereocenters. The van der Waals surface area contributed by atoms with Gasteiger partial charge in [0.2, 0.25) is 5.91 Å². The molecule has 0 bridgehead atoms. The van der Waals surface area contributed by atoms with Gasteiger partial charge in [-0.1, -0.05) is 431 Å². The molecule has 0 aromatic rings. The zero-order valence-electron chi connectivity index (χ0n) is 61.0.